The second kappa shape index (κ2) is 7.24. The molecule has 0 fully saturated rings. The van der Waals surface area contributed by atoms with Gasteiger partial charge in [-0.2, -0.15) is 0 Å². The van der Waals surface area contributed by atoms with E-state index in [2.05, 4.69) is 20.6 Å². The summed E-state index contributed by atoms with van der Waals surface area (Å²) in [7, 11) is 2.72. The summed E-state index contributed by atoms with van der Waals surface area (Å²) in [5, 5.41) is 5.86. The summed E-state index contributed by atoms with van der Waals surface area (Å²) in [6.07, 6.45) is -0.0441. The molecule has 2 aromatic rings. The maximum atomic E-state index is 12.5. The summed E-state index contributed by atoms with van der Waals surface area (Å²) < 4.78 is 1.89. The SMILES string of the molecule is CCNc1[nH]c(=O)n(C)c(=O)c1Cc1c(NCC)[nH]c(=O)n(C)c1=O. The highest BCUT2D eigenvalue weighted by molar-refractivity contribution is 5.50. The Morgan fingerprint density at radius 1 is 0.760 bits per heavy atom. The van der Waals surface area contributed by atoms with Gasteiger partial charge in [-0.3, -0.25) is 28.7 Å². The lowest BCUT2D eigenvalue weighted by atomic mass is 10.1. The fourth-order valence-electron chi connectivity index (χ4n) is 2.50. The Morgan fingerprint density at radius 3 is 1.44 bits per heavy atom. The van der Waals surface area contributed by atoms with E-state index in [9.17, 15) is 19.2 Å². The molecule has 0 atom stereocenters. The standard InChI is InChI=1S/C15H22N6O4/c1-5-16-10-8(12(22)20(3)14(24)18-10)7-9-11(17-6-2)19-15(25)21(4)13(9)23/h16-17H,5-7H2,1-4H3,(H,18,24)(H,19,25). The van der Waals surface area contributed by atoms with Gasteiger partial charge in [0.15, 0.2) is 0 Å². The zero-order chi connectivity index (χ0) is 18.7. The Bertz CT molecular complexity index is 929. The normalized spacial score (nSPS) is 10.7. The number of hydrogen-bond donors (Lipinski definition) is 4. The summed E-state index contributed by atoms with van der Waals surface area (Å²) in [6.45, 7) is 4.62. The number of nitrogens with zero attached hydrogens (tertiary/aromatic N) is 2. The van der Waals surface area contributed by atoms with Crippen LogP contribution in [-0.4, -0.2) is 32.2 Å². The van der Waals surface area contributed by atoms with Gasteiger partial charge in [0.2, 0.25) is 0 Å². The van der Waals surface area contributed by atoms with Gasteiger partial charge >= 0.3 is 11.4 Å². The van der Waals surface area contributed by atoms with Gasteiger partial charge in [0, 0.05) is 33.6 Å². The van der Waals surface area contributed by atoms with E-state index in [-0.39, 0.29) is 29.2 Å². The van der Waals surface area contributed by atoms with E-state index in [1.54, 1.807) is 0 Å². The molecule has 2 heterocycles. The molecule has 4 N–H and O–H groups in total. The van der Waals surface area contributed by atoms with Gasteiger partial charge in [-0.15, -0.1) is 0 Å². The fourth-order valence-corrected chi connectivity index (χ4v) is 2.50. The smallest absolute Gasteiger partial charge is 0.329 e. The zero-order valence-corrected chi connectivity index (χ0v) is 14.6. The molecule has 25 heavy (non-hydrogen) atoms. The largest absolute Gasteiger partial charge is 0.371 e. The highest BCUT2D eigenvalue weighted by Gasteiger charge is 2.18. The van der Waals surface area contributed by atoms with Crippen molar-refractivity contribution in [3.8, 4) is 0 Å². The van der Waals surface area contributed by atoms with Crippen molar-refractivity contribution in [3.05, 3.63) is 52.8 Å². The third kappa shape index (κ3) is 3.42. The molecule has 10 heteroatoms. The fraction of sp³-hybridized carbons (Fsp3) is 0.467. The summed E-state index contributed by atoms with van der Waals surface area (Å²) >= 11 is 0. The molecule has 136 valence electrons. The predicted octanol–water partition coefficient (Wildman–Crippen LogP) is -1.08. The number of rotatable bonds is 6. The molecule has 0 aliphatic rings. The van der Waals surface area contributed by atoms with Crippen LogP contribution in [0.25, 0.3) is 0 Å². The maximum absolute atomic E-state index is 12.5. The Balaban J connectivity index is 2.72. The van der Waals surface area contributed by atoms with Crippen molar-refractivity contribution in [2.75, 3.05) is 23.7 Å². The van der Waals surface area contributed by atoms with Gasteiger partial charge in [0.1, 0.15) is 11.6 Å². The third-order valence-electron chi connectivity index (χ3n) is 3.86. The van der Waals surface area contributed by atoms with Gasteiger partial charge in [0.25, 0.3) is 11.1 Å². The molecule has 2 aromatic heterocycles. The average molecular weight is 350 g/mol. The van der Waals surface area contributed by atoms with Crippen molar-refractivity contribution in [2.45, 2.75) is 20.3 Å². The minimum absolute atomic E-state index is 0.0441. The number of H-pyrrole nitrogens is 2. The Morgan fingerprint density at radius 2 is 1.12 bits per heavy atom. The van der Waals surface area contributed by atoms with E-state index in [0.29, 0.717) is 13.1 Å². The van der Waals surface area contributed by atoms with Crippen LogP contribution in [0.4, 0.5) is 11.6 Å². The van der Waals surface area contributed by atoms with Gasteiger partial charge in [0.05, 0.1) is 11.1 Å². The van der Waals surface area contributed by atoms with Gasteiger partial charge < -0.3 is 10.6 Å². The molecule has 0 spiro atoms. The Labute approximate surface area is 142 Å². The Kier molecular flexibility index (Phi) is 5.30. The van der Waals surface area contributed by atoms with E-state index in [0.717, 1.165) is 9.13 Å². The average Bonchev–Trinajstić information content (AvgIpc) is 2.57. The Hall–Kier alpha value is -3.04. The first-order valence-corrected chi connectivity index (χ1v) is 7.93. The molecule has 0 bridgehead atoms. The molecule has 10 nitrogen and oxygen atoms in total. The zero-order valence-electron chi connectivity index (χ0n) is 14.6. The lowest BCUT2D eigenvalue weighted by Gasteiger charge is -2.14. The molecular weight excluding hydrogens is 328 g/mol. The summed E-state index contributed by atoms with van der Waals surface area (Å²) in [5.74, 6) is 0.539. The van der Waals surface area contributed by atoms with Crippen LogP contribution in [0.5, 0.6) is 0 Å². The summed E-state index contributed by atoms with van der Waals surface area (Å²) in [5.41, 5.74) is -1.62. The van der Waals surface area contributed by atoms with Crippen LogP contribution in [-0.2, 0) is 20.5 Å². The number of hydrogen-bond acceptors (Lipinski definition) is 6. The second-order valence-corrected chi connectivity index (χ2v) is 5.53. The topological polar surface area (TPSA) is 134 Å². The summed E-state index contributed by atoms with van der Waals surface area (Å²) in [4.78, 5) is 53.9. The van der Waals surface area contributed by atoms with Crippen LogP contribution in [0.1, 0.15) is 25.0 Å². The molecule has 0 saturated carbocycles. The van der Waals surface area contributed by atoms with Crippen LogP contribution in [0.3, 0.4) is 0 Å². The molecule has 0 aliphatic carbocycles. The lowest BCUT2D eigenvalue weighted by molar-refractivity contribution is 0.742. The van der Waals surface area contributed by atoms with Crippen molar-refractivity contribution in [1.82, 2.24) is 19.1 Å². The molecule has 0 aromatic carbocycles. The van der Waals surface area contributed by atoms with E-state index < -0.39 is 22.5 Å². The molecule has 2 rings (SSSR count). The van der Waals surface area contributed by atoms with Crippen molar-refractivity contribution in [2.24, 2.45) is 14.1 Å². The molecule has 0 amide bonds. The van der Waals surface area contributed by atoms with Crippen molar-refractivity contribution in [1.29, 1.82) is 0 Å². The number of nitrogens with one attached hydrogen (secondary N) is 4. The van der Waals surface area contributed by atoms with Crippen LogP contribution in [0, 0.1) is 0 Å². The minimum atomic E-state index is -0.550. The van der Waals surface area contributed by atoms with E-state index in [4.69, 9.17) is 0 Å². The van der Waals surface area contributed by atoms with Gasteiger partial charge in [-0.25, -0.2) is 9.59 Å². The van der Waals surface area contributed by atoms with Gasteiger partial charge in [-0.1, -0.05) is 0 Å². The van der Waals surface area contributed by atoms with Crippen molar-refractivity contribution in [3.63, 3.8) is 0 Å². The number of anilines is 2. The maximum Gasteiger partial charge on any atom is 0.329 e. The molecular formula is C15H22N6O4. The molecule has 0 saturated heterocycles. The van der Waals surface area contributed by atoms with Crippen LogP contribution >= 0.6 is 0 Å². The quantitative estimate of drug-likeness (QED) is 0.523. The minimum Gasteiger partial charge on any atom is -0.371 e. The van der Waals surface area contributed by atoms with Crippen molar-refractivity contribution >= 4 is 11.6 Å². The van der Waals surface area contributed by atoms with Crippen LogP contribution < -0.4 is 33.1 Å². The third-order valence-corrected chi connectivity index (χ3v) is 3.86. The second-order valence-electron chi connectivity index (χ2n) is 5.53. The first-order valence-electron chi connectivity index (χ1n) is 7.93. The monoisotopic (exact) mass is 350 g/mol. The highest BCUT2D eigenvalue weighted by Crippen LogP contribution is 2.14. The van der Waals surface area contributed by atoms with Crippen LogP contribution in [0.15, 0.2) is 19.2 Å². The van der Waals surface area contributed by atoms with Gasteiger partial charge in [-0.05, 0) is 13.8 Å². The molecule has 0 aliphatic heterocycles. The molecule has 0 radical (unpaired) electrons. The highest BCUT2D eigenvalue weighted by atomic mass is 16.2. The van der Waals surface area contributed by atoms with E-state index in [1.165, 1.54) is 14.1 Å². The number of aromatic amines is 2. The first-order chi connectivity index (χ1) is 11.8. The predicted molar refractivity (Wildman–Crippen MR) is 95.7 cm³/mol. The van der Waals surface area contributed by atoms with Crippen molar-refractivity contribution < 1.29 is 0 Å². The van der Waals surface area contributed by atoms with E-state index >= 15 is 0 Å². The van der Waals surface area contributed by atoms with Crippen LogP contribution in [0.2, 0.25) is 0 Å². The lowest BCUT2D eigenvalue weighted by Crippen LogP contribution is -2.39. The first kappa shape index (κ1) is 18.3. The molecule has 0 unspecified atom stereocenters. The number of aromatic nitrogens is 4. The summed E-state index contributed by atoms with van der Waals surface area (Å²) in [6, 6.07) is 0. The van der Waals surface area contributed by atoms with E-state index in [1.807, 2.05) is 13.8 Å².